The Morgan fingerprint density at radius 2 is 1.72 bits per heavy atom. The molecule has 1 saturated heterocycles. The van der Waals surface area contributed by atoms with Gasteiger partial charge in [-0.1, -0.05) is 44.2 Å². The van der Waals surface area contributed by atoms with E-state index in [2.05, 4.69) is 49.1 Å². The van der Waals surface area contributed by atoms with Crippen LogP contribution in [-0.4, -0.2) is 24.5 Å². The minimum absolute atomic E-state index is 0.485. The number of piperidine rings is 1. The van der Waals surface area contributed by atoms with Crippen molar-refractivity contribution in [1.29, 1.82) is 0 Å². The topological polar surface area (TPSA) is 3.24 Å². The van der Waals surface area contributed by atoms with E-state index in [0.717, 1.165) is 11.8 Å². The first-order chi connectivity index (χ1) is 12.0. The summed E-state index contributed by atoms with van der Waals surface area (Å²) in [6, 6.07) is 11.6. The maximum absolute atomic E-state index is 2.84. The highest BCUT2D eigenvalue weighted by atomic mass is 15.1. The van der Waals surface area contributed by atoms with E-state index in [0.29, 0.717) is 16.2 Å². The van der Waals surface area contributed by atoms with Crippen LogP contribution in [0.2, 0.25) is 0 Å². The van der Waals surface area contributed by atoms with Crippen LogP contribution in [0.5, 0.6) is 0 Å². The number of likely N-dealkylation sites (tertiary alicyclic amines) is 1. The molecule has 5 aliphatic rings. The van der Waals surface area contributed by atoms with Gasteiger partial charge in [-0.25, -0.2) is 0 Å². The van der Waals surface area contributed by atoms with Crippen molar-refractivity contribution >= 4 is 0 Å². The number of hydrogen-bond acceptors (Lipinski definition) is 1. The lowest BCUT2D eigenvalue weighted by atomic mass is 9.39. The molecule has 0 amide bonds. The summed E-state index contributed by atoms with van der Waals surface area (Å²) in [4.78, 5) is 2.84. The van der Waals surface area contributed by atoms with Gasteiger partial charge in [-0.2, -0.15) is 0 Å². The van der Waals surface area contributed by atoms with Crippen molar-refractivity contribution in [3.63, 3.8) is 0 Å². The first-order valence-electron chi connectivity index (χ1n) is 10.8. The molecule has 4 atom stereocenters. The van der Waals surface area contributed by atoms with Crippen molar-refractivity contribution in [1.82, 2.24) is 4.90 Å². The third kappa shape index (κ3) is 2.78. The molecule has 4 unspecified atom stereocenters. The standard InChI is InChI=1S/C24H35N/c1-19-8-10-25(11-9-19)18-23-13-20-12-22(2,15-23)16-24(14-20,17-23)21-6-4-3-5-7-21/h3-7,19-20H,8-18H2,1-2H3. The predicted octanol–water partition coefficient (Wildman–Crippen LogP) is 5.65. The average molecular weight is 338 g/mol. The van der Waals surface area contributed by atoms with Gasteiger partial charge in [0.25, 0.3) is 0 Å². The van der Waals surface area contributed by atoms with E-state index in [-0.39, 0.29) is 0 Å². The molecule has 1 heterocycles. The lowest BCUT2D eigenvalue weighted by Crippen LogP contribution is -2.60. The fourth-order valence-corrected chi connectivity index (χ4v) is 8.12. The summed E-state index contributed by atoms with van der Waals surface area (Å²) in [6.07, 6.45) is 11.7. The Bertz CT molecular complexity index is 631. The van der Waals surface area contributed by atoms with E-state index in [1.165, 1.54) is 71.0 Å². The summed E-state index contributed by atoms with van der Waals surface area (Å²) in [5.41, 5.74) is 3.34. The summed E-state index contributed by atoms with van der Waals surface area (Å²) < 4.78 is 0. The van der Waals surface area contributed by atoms with Crippen molar-refractivity contribution in [3.05, 3.63) is 35.9 Å². The van der Waals surface area contributed by atoms with Crippen molar-refractivity contribution in [3.8, 4) is 0 Å². The summed E-state index contributed by atoms with van der Waals surface area (Å²) >= 11 is 0. The van der Waals surface area contributed by atoms with E-state index in [1.54, 1.807) is 5.56 Å². The zero-order valence-electron chi connectivity index (χ0n) is 16.3. The molecule has 1 aromatic carbocycles. The monoisotopic (exact) mass is 337 g/mol. The summed E-state index contributed by atoms with van der Waals surface area (Å²) in [7, 11) is 0. The zero-order valence-corrected chi connectivity index (χ0v) is 16.3. The highest BCUT2D eigenvalue weighted by Crippen LogP contribution is 2.70. The minimum Gasteiger partial charge on any atom is -0.303 e. The fraction of sp³-hybridized carbons (Fsp3) is 0.750. The van der Waals surface area contributed by atoms with Crippen LogP contribution < -0.4 is 0 Å². The van der Waals surface area contributed by atoms with E-state index in [4.69, 9.17) is 0 Å². The number of rotatable bonds is 3. The van der Waals surface area contributed by atoms with Crippen LogP contribution >= 0.6 is 0 Å². The van der Waals surface area contributed by atoms with Gasteiger partial charge >= 0.3 is 0 Å². The Labute approximate surface area is 154 Å². The maximum atomic E-state index is 2.84. The van der Waals surface area contributed by atoms with Crippen LogP contribution in [0.3, 0.4) is 0 Å². The Morgan fingerprint density at radius 3 is 2.44 bits per heavy atom. The lowest BCUT2D eigenvalue weighted by molar-refractivity contribution is -0.130. The molecule has 0 spiro atoms. The van der Waals surface area contributed by atoms with Crippen molar-refractivity contribution < 1.29 is 0 Å². The summed E-state index contributed by atoms with van der Waals surface area (Å²) in [5, 5.41) is 0. The Morgan fingerprint density at radius 1 is 0.960 bits per heavy atom. The van der Waals surface area contributed by atoms with Gasteiger partial charge in [0.2, 0.25) is 0 Å². The molecule has 0 N–H and O–H groups in total. The van der Waals surface area contributed by atoms with E-state index >= 15 is 0 Å². The minimum atomic E-state index is 0.485. The van der Waals surface area contributed by atoms with Crippen molar-refractivity contribution in [2.45, 2.75) is 70.6 Å². The molecule has 1 nitrogen and oxygen atoms in total. The van der Waals surface area contributed by atoms with E-state index in [1.807, 2.05) is 0 Å². The summed E-state index contributed by atoms with van der Waals surface area (Å²) in [6.45, 7) is 9.15. The highest BCUT2D eigenvalue weighted by Gasteiger charge is 2.62. The first kappa shape index (κ1) is 16.4. The molecule has 1 aliphatic heterocycles. The first-order valence-corrected chi connectivity index (χ1v) is 10.8. The van der Waals surface area contributed by atoms with Crippen molar-refractivity contribution in [2.24, 2.45) is 22.7 Å². The smallest absolute Gasteiger partial charge is 0.00386 e. The third-order valence-corrected chi connectivity index (χ3v) is 8.28. The van der Waals surface area contributed by atoms with Gasteiger partial charge < -0.3 is 4.90 Å². The Balaban J connectivity index is 1.45. The average Bonchev–Trinajstić information content (AvgIpc) is 2.55. The Hall–Kier alpha value is -0.820. The second-order valence-corrected chi connectivity index (χ2v) is 10.9. The second-order valence-electron chi connectivity index (χ2n) is 10.9. The van der Waals surface area contributed by atoms with Gasteiger partial charge in [-0.05, 0) is 98.1 Å². The molecular weight excluding hydrogens is 302 g/mol. The van der Waals surface area contributed by atoms with Crippen LogP contribution in [-0.2, 0) is 5.41 Å². The molecule has 4 bridgehead atoms. The third-order valence-electron chi connectivity index (χ3n) is 8.28. The number of nitrogens with zero attached hydrogens (tertiary/aromatic N) is 1. The molecular formula is C24H35N. The van der Waals surface area contributed by atoms with Crippen LogP contribution in [0.1, 0.15) is 70.8 Å². The van der Waals surface area contributed by atoms with E-state index < -0.39 is 0 Å². The quantitative estimate of drug-likeness (QED) is 0.689. The van der Waals surface area contributed by atoms with Crippen LogP contribution in [0.15, 0.2) is 30.3 Å². The van der Waals surface area contributed by atoms with Crippen LogP contribution in [0, 0.1) is 22.7 Å². The molecule has 0 radical (unpaired) electrons. The van der Waals surface area contributed by atoms with Crippen molar-refractivity contribution in [2.75, 3.05) is 19.6 Å². The van der Waals surface area contributed by atoms with Crippen LogP contribution in [0.4, 0.5) is 0 Å². The molecule has 136 valence electrons. The molecule has 1 heteroatoms. The van der Waals surface area contributed by atoms with E-state index in [9.17, 15) is 0 Å². The molecule has 6 rings (SSSR count). The predicted molar refractivity (Wildman–Crippen MR) is 105 cm³/mol. The number of hydrogen-bond donors (Lipinski definition) is 0. The van der Waals surface area contributed by atoms with Gasteiger partial charge in [0.15, 0.2) is 0 Å². The summed E-state index contributed by atoms with van der Waals surface area (Å²) in [5.74, 6) is 1.92. The molecule has 5 fully saturated rings. The van der Waals surface area contributed by atoms with Gasteiger partial charge in [-0.3, -0.25) is 0 Å². The van der Waals surface area contributed by atoms with Gasteiger partial charge in [0.05, 0.1) is 0 Å². The van der Waals surface area contributed by atoms with Gasteiger partial charge in [0.1, 0.15) is 0 Å². The molecule has 4 aliphatic carbocycles. The zero-order chi connectivity index (χ0) is 17.1. The molecule has 4 saturated carbocycles. The largest absolute Gasteiger partial charge is 0.303 e. The Kier molecular flexibility index (Phi) is 3.66. The van der Waals surface area contributed by atoms with Gasteiger partial charge in [-0.15, -0.1) is 0 Å². The normalized spacial score (nSPS) is 44.3. The maximum Gasteiger partial charge on any atom is 0.00386 e. The van der Waals surface area contributed by atoms with Gasteiger partial charge in [0, 0.05) is 6.54 Å². The number of benzene rings is 1. The molecule has 25 heavy (non-hydrogen) atoms. The highest BCUT2D eigenvalue weighted by molar-refractivity contribution is 5.31. The molecule has 1 aromatic rings. The second kappa shape index (κ2) is 5.59. The SMILES string of the molecule is CC1CCN(CC23CC4CC(C)(C2)CC(c2ccccc2)(C4)C3)CC1. The fourth-order valence-electron chi connectivity index (χ4n) is 8.12. The molecule has 0 aromatic heterocycles. The van der Waals surface area contributed by atoms with Crippen LogP contribution in [0.25, 0.3) is 0 Å². The lowest BCUT2D eigenvalue weighted by Gasteiger charge is -2.67.